The molecule has 0 spiro atoms. The normalized spacial score (nSPS) is 25.3. The fourth-order valence-electron chi connectivity index (χ4n) is 3.34. The summed E-state index contributed by atoms with van der Waals surface area (Å²) in [5.41, 5.74) is 1.14. The van der Waals surface area contributed by atoms with Crippen molar-refractivity contribution in [2.24, 2.45) is 0 Å². The zero-order valence-electron chi connectivity index (χ0n) is 15.1. The molecule has 1 aromatic carbocycles. The number of carbonyl (C=O) groups is 2. The first-order valence-electron chi connectivity index (χ1n) is 8.56. The lowest BCUT2D eigenvalue weighted by Gasteiger charge is -2.42. The number of amides is 1. The number of ether oxygens (including phenoxy) is 4. The fraction of sp³-hybridized carbons (Fsp3) is 0.474. The summed E-state index contributed by atoms with van der Waals surface area (Å²) in [6, 6.07) is 8.95. The van der Waals surface area contributed by atoms with Crippen molar-refractivity contribution in [3.8, 4) is 0 Å². The summed E-state index contributed by atoms with van der Waals surface area (Å²) in [6.45, 7) is 2.79. The van der Waals surface area contributed by atoms with Gasteiger partial charge in [0.1, 0.15) is 17.8 Å². The van der Waals surface area contributed by atoms with Gasteiger partial charge in [-0.3, -0.25) is 4.79 Å². The Balaban J connectivity index is 1.99. The summed E-state index contributed by atoms with van der Waals surface area (Å²) in [5.74, 6) is -0.898. The van der Waals surface area contributed by atoms with Crippen LogP contribution in [-0.4, -0.2) is 62.5 Å². The monoisotopic (exact) mass is 361 g/mol. The van der Waals surface area contributed by atoms with Crippen LogP contribution in [0.5, 0.6) is 0 Å². The number of hydrogen-bond donors (Lipinski definition) is 0. The van der Waals surface area contributed by atoms with Crippen LogP contribution < -0.4 is 0 Å². The number of benzene rings is 1. The summed E-state index contributed by atoms with van der Waals surface area (Å²) in [4.78, 5) is 27.1. The first kappa shape index (κ1) is 18.4. The maximum Gasteiger partial charge on any atom is 0.339 e. The third kappa shape index (κ3) is 3.20. The molecule has 1 saturated heterocycles. The molecule has 0 N–H and O–H groups in total. The molecule has 3 atom stereocenters. The minimum absolute atomic E-state index is 0.0330. The van der Waals surface area contributed by atoms with E-state index in [1.54, 1.807) is 18.9 Å². The van der Waals surface area contributed by atoms with Crippen molar-refractivity contribution in [3.05, 3.63) is 47.2 Å². The quantitative estimate of drug-likeness (QED) is 0.681. The number of esters is 1. The van der Waals surface area contributed by atoms with Gasteiger partial charge in [0, 0.05) is 13.7 Å². The molecule has 0 aromatic heterocycles. The smallest absolute Gasteiger partial charge is 0.339 e. The average molecular weight is 361 g/mol. The first-order valence-corrected chi connectivity index (χ1v) is 8.56. The molecule has 0 bridgehead atoms. The Morgan fingerprint density at radius 2 is 2.00 bits per heavy atom. The fourth-order valence-corrected chi connectivity index (χ4v) is 3.34. The van der Waals surface area contributed by atoms with Crippen molar-refractivity contribution < 1.29 is 28.5 Å². The SMILES string of the molecule is CCOC1=C(C(=O)OC)C(C2OCC2OC)N(Cc2ccccc2)C1=O. The van der Waals surface area contributed by atoms with Crippen LogP contribution in [-0.2, 0) is 35.1 Å². The zero-order chi connectivity index (χ0) is 18.7. The summed E-state index contributed by atoms with van der Waals surface area (Å²) in [5, 5.41) is 0. The third-order valence-electron chi connectivity index (χ3n) is 4.65. The van der Waals surface area contributed by atoms with E-state index >= 15 is 0 Å². The molecule has 0 saturated carbocycles. The summed E-state index contributed by atoms with van der Waals surface area (Å²) >= 11 is 0. The predicted molar refractivity (Wildman–Crippen MR) is 92.0 cm³/mol. The van der Waals surface area contributed by atoms with Crippen LogP contribution >= 0.6 is 0 Å². The molecular weight excluding hydrogens is 338 g/mol. The van der Waals surface area contributed by atoms with Crippen LogP contribution in [0.1, 0.15) is 12.5 Å². The highest BCUT2D eigenvalue weighted by Crippen LogP contribution is 2.36. The van der Waals surface area contributed by atoms with Crippen LogP contribution in [0.25, 0.3) is 0 Å². The van der Waals surface area contributed by atoms with Gasteiger partial charge in [0.15, 0.2) is 5.76 Å². The van der Waals surface area contributed by atoms with E-state index < -0.39 is 18.1 Å². The minimum atomic E-state index is -0.615. The molecule has 3 unspecified atom stereocenters. The Hall–Kier alpha value is -2.38. The van der Waals surface area contributed by atoms with Gasteiger partial charge in [0.2, 0.25) is 0 Å². The topological polar surface area (TPSA) is 74.3 Å². The van der Waals surface area contributed by atoms with E-state index in [0.717, 1.165) is 5.56 Å². The van der Waals surface area contributed by atoms with Gasteiger partial charge in [0.05, 0.1) is 26.4 Å². The number of nitrogens with zero attached hydrogens (tertiary/aromatic N) is 1. The number of hydrogen-bond acceptors (Lipinski definition) is 6. The highest BCUT2D eigenvalue weighted by molar-refractivity contribution is 6.06. The Labute approximate surface area is 152 Å². The van der Waals surface area contributed by atoms with Crippen LogP contribution in [0.4, 0.5) is 0 Å². The van der Waals surface area contributed by atoms with Crippen molar-refractivity contribution in [2.45, 2.75) is 31.7 Å². The van der Waals surface area contributed by atoms with E-state index in [2.05, 4.69) is 0 Å². The number of methoxy groups -OCH3 is 2. The second-order valence-corrected chi connectivity index (χ2v) is 6.10. The molecule has 0 aliphatic carbocycles. The van der Waals surface area contributed by atoms with Gasteiger partial charge in [-0.2, -0.15) is 0 Å². The van der Waals surface area contributed by atoms with E-state index in [9.17, 15) is 9.59 Å². The number of carbonyl (C=O) groups excluding carboxylic acids is 2. The van der Waals surface area contributed by atoms with Gasteiger partial charge in [-0.1, -0.05) is 30.3 Å². The van der Waals surface area contributed by atoms with Crippen LogP contribution in [0.15, 0.2) is 41.7 Å². The molecule has 140 valence electrons. The molecule has 3 rings (SSSR count). The summed E-state index contributed by atoms with van der Waals surface area (Å²) in [7, 11) is 2.87. The zero-order valence-corrected chi connectivity index (χ0v) is 15.1. The second-order valence-electron chi connectivity index (χ2n) is 6.10. The molecular formula is C19H23NO6. The lowest BCUT2D eigenvalue weighted by molar-refractivity contribution is -0.196. The van der Waals surface area contributed by atoms with E-state index in [-0.39, 0.29) is 30.0 Å². The lowest BCUT2D eigenvalue weighted by atomic mass is 9.94. The molecule has 0 radical (unpaired) electrons. The predicted octanol–water partition coefficient (Wildman–Crippen LogP) is 1.27. The Morgan fingerprint density at radius 3 is 2.54 bits per heavy atom. The molecule has 1 amide bonds. The van der Waals surface area contributed by atoms with E-state index in [4.69, 9.17) is 18.9 Å². The summed E-state index contributed by atoms with van der Waals surface area (Å²) in [6.07, 6.45) is -0.647. The van der Waals surface area contributed by atoms with E-state index in [1.807, 2.05) is 30.3 Å². The standard InChI is InChI=1S/C19H23NO6/c1-4-25-17-14(19(22)24-3)15(16-13(23-2)11-26-16)20(18(17)21)10-12-8-6-5-7-9-12/h5-9,13,15-16H,4,10-11H2,1-3H3. The Bertz CT molecular complexity index is 699. The Morgan fingerprint density at radius 1 is 1.27 bits per heavy atom. The summed E-state index contributed by atoms with van der Waals surface area (Å²) < 4.78 is 21.5. The average Bonchev–Trinajstić information content (AvgIpc) is 2.88. The minimum Gasteiger partial charge on any atom is -0.488 e. The van der Waals surface area contributed by atoms with E-state index in [1.165, 1.54) is 7.11 Å². The van der Waals surface area contributed by atoms with Gasteiger partial charge in [-0.15, -0.1) is 0 Å². The van der Waals surface area contributed by atoms with Crippen molar-refractivity contribution in [1.82, 2.24) is 4.90 Å². The van der Waals surface area contributed by atoms with Crippen molar-refractivity contribution in [2.75, 3.05) is 27.4 Å². The van der Waals surface area contributed by atoms with Crippen LogP contribution in [0.3, 0.4) is 0 Å². The highest BCUT2D eigenvalue weighted by atomic mass is 16.6. The van der Waals surface area contributed by atoms with E-state index in [0.29, 0.717) is 13.2 Å². The molecule has 7 nitrogen and oxygen atoms in total. The van der Waals surface area contributed by atoms with Crippen molar-refractivity contribution in [1.29, 1.82) is 0 Å². The highest BCUT2D eigenvalue weighted by Gasteiger charge is 2.53. The lowest BCUT2D eigenvalue weighted by Crippen LogP contribution is -2.58. The maximum absolute atomic E-state index is 13.0. The molecule has 2 aliphatic heterocycles. The van der Waals surface area contributed by atoms with Crippen LogP contribution in [0, 0.1) is 0 Å². The molecule has 1 fully saturated rings. The number of rotatable bonds is 7. The van der Waals surface area contributed by atoms with Gasteiger partial charge < -0.3 is 23.8 Å². The molecule has 2 heterocycles. The van der Waals surface area contributed by atoms with Gasteiger partial charge >= 0.3 is 5.97 Å². The first-order chi connectivity index (χ1) is 12.6. The maximum atomic E-state index is 13.0. The van der Waals surface area contributed by atoms with Gasteiger partial charge in [0.25, 0.3) is 5.91 Å². The molecule has 1 aromatic rings. The molecule has 26 heavy (non-hydrogen) atoms. The second kappa shape index (κ2) is 7.88. The third-order valence-corrected chi connectivity index (χ3v) is 4.65. The van der Waals surface area contributed by atoms with Gasteiger partial charge in [-0.25, -0.2) is 4.79 Å². The van der Waals surface area contributed by atoms with Crippen molar-refractivity contribution in [3.63, 3.8) is 0 Å². The largest absolute Gasteiger partial charge is 0.488 e. The molecule has 7 heteroatoms. The van der Waals surface area contributed by atoms with Crippen LogP contribution in [0.2, 0.25) is 0 Å². The molecule has 2 aliphatic rings. The van der Waals surface area contributed by atoms with Gasteiger partial charge in [-0.05, 0) is 12.5 Å². The Kier molecular flexibility index (Phi) is 5.58. The van der Waals surface area contributed by atoms with Crippen molar-refractivity contribution >= 4 is 11.9 Å².